The molecule has 0 bridgehead atoms. The van der Waals surface area contributed by atoms with Gasteiger partial charge >= 0.3 is 5.97 Å². The standard InChI is InChI=1S/C16H15ClFN3O3/c1-8-2-3-12(17)14(21-8)9-4-10(6-11(18)5-9)15(22)20-7-13(19)16(23)24/h2-6,13H,7,19H2,1H3,(H,20,22)(H,23,24)/t13-/m1/s1. The molecule has 0 fully saturated rings. The summed E-state index contributed by atoms with van der Waals surface area (Å²) in [5.74, 6) is -2.53. The molecule has 0 aliphatic carbocycles. The molecule has 0 unspecified atom stereocenters. The quantitative estimate of drug-likeness (QED) is 0.764. The Hall–Kier alpha value is -2.51. The average molecular weight is 352 g/mol. The van der Waals surface area contributed by atoms with Crippen molar-refractivity contribution in [2.45, 2.75) is 13.0 Å². The summed E-state index contributed by atoms with van der Waals surface area (Å²) in [5.41, 5.74) is 6.72. The maximum atomic E-state index is 13.9. The van der Waals surface area contributed by atoms with Crippen LogP contribution in [0.1, 0.15) is 16.1 Å². The highest BCUT2D eigenvalue weighted by atomic mass is 35.5. The van der Waals surface area contributed by atoms with Crippen LogP contribution in [0.25, 0.3) is 11.3 Å². The summed E-state index contributed by atoms with van der Waals surface area (Å²) in [7, 11) is 0. The Kier molecular flexibility index (Phi) is 5.48. The number of carboxylic acids is 1. The third kappa shape index (κ3) is 4.27. The van der Waals surface area contributed by atoms with Crippen molar-refractivity contribution in [1.82, 2.24) is 10.3 Å². The van der Waals surface area contributed by atoms with Gasteiger partial charge in [0.1, 0.15) is 11.9 Å². The molecule has 2 aromatic rings. The lowest BCUT2D eigenvalue weighted by atomic mass is 10.1. The molecule has 0 saturated heterocycles. The zero-order chi connectivity index (χ0) is 17.9. The van der Waals surface area contributed by atoms with E-state index in [0.29, 0.717) is 22.0 Å². The Morgan fingerprint density at radius 1 is 1.38 bits per heavy atom. The lowest BCUT2D eigenvalue weighted by Gasteiger charge is -2.10. The average Bonchev–Trinajstić information content (AvgIpc) is 2.53. The second-order valence-electron chi connectivity index (χ2n) is 5.17. The van der Waals surface area contributed by atoms with Crippen LogP contribution in [0.2, 0.25) is 5.02 Å². The first kappa shape index (κ1) is 17.8. The van der Waals surface area contributed by atoms with Gasteiger partial charge in [-0.25, -0.2) is 4.39 Å². The number of aryl methyl sites for hydroxylation is 1. The van der Waals surface area contributed by atoms with E-state index in [-0.39, 0.29) is 12.1 Å². The van der Waals surface area contributed by atoms with E-state index in [1.807, 2.05) is 0 Å². The van der Waals surface area contributed by atoms with Crippen molar-refractivity contribution in [3.63, 3.8) is 0 Å². The highest BCUT2D eigenvalue weighted by molar-refractivity contribution is 6.33. The molecule has 0 aliphatic heterocycles. The molecular formula is C16H15ClFN3O3. The van der Waals surface area contributed by atoms with E-state index in [4.69, 9.17) is 22.4 Å². The van der Waals surface area contributed by atoms with Crippen molar-refractivity contribution < 1.29 is 19.1 Å². The summed E-state index contributed by atoms with van der Waals surface area (Å²) in [6.07, 6.45) is 0. The third-order valence-electron chi connectivity index (χ3n) is 3.22. The van der Waals surface area contributed by atoms with Gasteiger partial charge < -0.3 is 16.2 Å². The summed E-state index contributed by atoms with van der Waals surface area (Å²) in [6, 6.07) is 5.79. The van der Waals surface area contributed by atoms with E-state index < -0.39 is 23.7 Å². The molecule has 1 aromatic heterocycles. The molecule has 0 spiro atoms. The summed E-state index contributed by atoms with van der Waals surface area (Å²) in [4.78, 5) is 27.0. The topological polar surface area (TPSA) is 105 Å². The van der Waals surface area contributed by atoms with Crippen LogP contribution in [-0.2, 0) is 4.79 Å². The van der Waals surface area contributed by atoms with Crippen LogP contribution < -0.4 is 11.1 Å². The summed E-state index contributed by atoms with van der Waals surface area (Å²) >= 11 is 6.09. The van der Waals surface area contributed by atoms with Gasteiger partial charge in [0.2, 0.25) is 0 Å². The summed E-state index contributed by atoms with van der Waals surface area (Å²) < 4.78 is 13.9. The molecule has 0 aliphatic rings. The van der Waals surface area contributed by atoms with Crippen LogP contribution in [-0.4, -0.2) is 34.6 Å². The van der Waals surface area contributed by atoms with E-state index in [1.165, 1.54) is 12.1 Å². The number of rotatable bonds is 5. The second kappa shape index (κ2) is 7.37. The number of pyridine rings is 1. The normalized spacial score (nSPS) is 11.8. The Bertz CT molecular complexity index is 798. The van der Waals surface area contributed by atoms with Crippen molar-refractivity contribution in [2.75, 3.05) is 6.54 Å². The lowest BCUT2D eigenvalue weighted by Crippen LogP contribution is -2.42. The van der Waals surface area contributed by atoms with Gasteiger partial charge in [-0.2, -0.15) is 0 Å². The summed E-state index contributed by atoms with van der Waals surface area (Å²) in [6.45, 7) is 1.49. The fraction of sp³-hybridized carbons (Fsp3) is 0.188. The van der Waals surface area contributed by atoms with Crippen molar-refractivity contribution in [3.05, 3.63) is 52.4 Å². The lowest BCUT2D eigenvalue weighted by molar-refractivity contribution is -0.138. The first-order valence-electron chi connectivity index (χ1n) is 6.98. The van der Waals surface area contributed by atoms with Gasteiger partial charge in [0.25, 0.3) is 5.91 Å². The van der Waals surface area contributed by atoms with Crippen LogP contribution in [0.5, 0.6) is 0 Å². The van der Waals surface area contributed by atoms with E-state index in [2.05, 4.69) is 10.3 Å². The first-order valence-corrected chi connectivity index (χ1v) is 7.36. The van der Waals surface area contributed by atoms with Gasteiger partial charge in [0, 0.05) is 23.4 Å². The number of carboxylic acid groups (broad SMARTS) is 1. The van der Waals surface area contributed by atoms with E-state index in [1.54, 1.807) is 19.1 Å². The van der Waals surface area contributed by atoms with Crippen LogP contribution >= 0.6 is 11.6 Å². The Labute approximate surface area is 142 Å². The monoisotopic (exact) mass is 351 g/mol. The van der Waals surface area contributed by atoms with E-state index >= 15 is 0 Å². The molecule has 126 valence electrons. The predicted molar refractivity (Wildman–Crippen MR) is 87.3 cm³/mol. The number of benzene rings is 1. The molecule has 1 amide bonds. The number of nitrogens with two attached hydrogens (primary N) is 1. The Morgan fingerprint density at radius 2 is 2.08 bits per heavy atom. The minimum atomic E-state index is -1.24. The molecule has 1 atom stereocenters. The zero-order valence-electron chi connectivity index (χ0n) is 12.7. The summed E-state index contributed by atoms with van der Waals surface area (Å²) in [5, 5.41) is 11.4. The molecule has 1 heterocycles. The first-order chi connectivity index (χ1) is 11.3. The van der Waals surface area contributed by atoms with E-state index in [0.717, 1.165) is 6.07 Å². The van der Waals surface area contributed by atoms with Gasteiger partial charge in [-0.1, -0.05) is 11.6 Å². The molecule has 2 rings (SSSR count). The van der Waals surface area contributed by atoms with Gasteiger partial charge in [0.15, 0.2) is 0 Å². The number of hydrogen-bond acceptors (Lipinski definition) is 4. The Morgan fingerprint density at radius 3 is 2.75 bits per heavy atom. The zero-order valence-corrected chi connectivity index (χ0v) is 13.5. The Balaban J connectivity index is 2.30. The van der Waals surface area contributed by atoms with Gasteiger partial charge in [-0.3, -0.25) is 14.6 Å². The molecular weight excluding hydrogens is 337 g/mol. The van der Waals surface area contributed by atoms with Crippen molar-refractivity contribution in [2.24, 2.45) is 5.73 Å². The number of amides is 1. The number of nitrogens with one attached hydrogen (secondary N) is 1. The molecule has 0 saturated carbocycles. The maximum absolute atomic E-state index is 13.9. The second-order valence-corrected chi connectivity index (χ2v) is 5.57. The van der Waals surface area contributed by atoms with Crippen LogP contribution in [0.3, 0.4) is 0 Å². The smallest absolute Gasteiger partial charge is 0.322 e. The fourth-order valence-electron chi connectivity index (χ4n) is 1.99. The molecule has 0 radical (unpaired) electrons. The maximum Gasteiger partial charge on any atom is 0.322 e. The molecule has 6 nitrogen and oxygen atoms in total. The number of halogens is 2. The van der Waals surface area contributed by atoms with Crippen molar-refractivity contribution in [3.8, 4) is 11.3 Å². The fourth-order valence-corrected chi connectivity index (χ4v) is 2.21. The number of hydrogen-bond donors (Lipinski definition) is 3. The highest BCUT2D eigenvalue weighted by Crippen LogP contribution is 2.27. The molecule has 1 aromatic carbocycles. The van der Waals surface area contributed by atoms with Gasteiger partial charge in [-0.05, 0) is 37.3 Å². The van der Waals surface area contributed by atoms with Gasteiger partial charge in [-0.15, -0.1) is 0 Å². The van der Waals surface area contributed by atoms with Crippen molar-refractivity contribution >= 4 is 23.5 Å². The largest absolute Gasteiger partial charge is 0.480 e. The minimum Gasteiger partial charge on any atom is -0.480 e. The molecule has 8 heteroatoms. The highest BCUT2D eigenvalue weighted by Gasteiger charge is 2.16. The third-order valence-corrected chi connectivity index (χ3v) is 3.52. The van der Waals surface area contributed by atoms with E-state index in [9.17, 15) is 14.0 Å². The number of carbonyl (C=O) groups excluding carboxylic acids is 1. The predicted octanol–water partition coefficient (Wildman–Crippen LogP) is 1.99. The van der Waals surface area contributed by atoms with Gasteiger partial charge in [0.05, 0.1) is 10.7 Å². The number of carbonyl (C=O) groups is 2. The minimum absolute atomic E-state index is 0.0157. The molecule has 4 N–H and O–H groups in total. The number of aromatic nitrogens is 1. The van der Waals surface area contributed by atoms with Crippen molar-refractivity contribution in [1.29, 1.82) is 0 Å². The van der Waals surface area contributed by atoms with Crippen LogP contribution in [0.4, 0.5) is 4.39 Å². The number of nitrogens with zero attached hydrogens (tertiary/aromatic N) is 1. The molecule has 24 heavy (non-hydrogen) atoms. The van der Waals surface area contributed by atoms with Crippen LogP contribution in [0.15, 0.2) is 30.3 Å². The SMILES string of the molecule is Cc1ccc(Cl)c(-c2cc(F)cc(C(=O)NC[C@@H](N)C(=O)O)c2)n1. The number of aliphatic carboxylic acids is 1. The van der Waals surface area contributed by atoms with Crippen LogP contribution in [0, 0.1) is 12.7 Å².